The number of halogens is 2. The lowest BCUT2D eigenvalue weighted by molar-refractivity contribution is 0.263. The van der Waals surface area contributed by atoms with Crippen LogP contribution in [0.3, 0.4) is 0 Å². The van der Waals surface area contributed by atoms with Crippen LogP contribution in [0.1, 0.15) is 13.8 Å². The van der Waals surface area contributed by atoms with E-state index in [4.69, 9.17) is 10.5 Å². The number of nitrogen functional groups attached to an aromatic ring is 1. The van der Waals surface area contributed by atoms with Crippen molar-refractivity contribution in [2.24, 2.45) is 5.92 Å². The zero-order valence-electron chi connectivity index (χ0n) is 11.9. The van der Waals surface area contributed by atoms with E-state index in [0.717, 1.165) is 0 Å². The molecule has 0 amide bonds. The average Bonchev–Trinajstić information content (AvgIpc) is 2.43. The molecule has 0 radical (unpaired) electrons. The normalized spacial score (nSPS) is 10.7. The van der Waals surface area contributed by atoms with Gasteiger partial charge in [0, 0.05) is 4.47 Å². The molecule has 0 aliphatic rings. The van der Waals surface area contributed by atoms with Gasteiger partial charge in [-0.1, -0.05) is 19.9 Å². The zero-order valence-corrected chi connectivity index (χ0v) is 13.4. The van der Waals surface area contributed by atoms with Gasteiger partial charge in [-0.15, -0.1) is 0 Å². The van der Waals surface area contributed by atoms with Crippen LogP contribution in [0, 0.1) is 11.7 Å². The van der Waals surface area contributed by atoms with E-state index in [2.05, 4.69) is 26.2 Å². The molecule has 21 heavy (non-hydrogen) atoms. The van der Waals surface area contributed by atoms with Crippen molar-refractivity contribution in [1.29, 1.82) is 0 Å². The Morgan fingerprint density at radius 1 is 1.33 bits per heavy atom. The third-order valence-electron chi connectivity index (χ3n) is 2.66. The fourth-order valence-corrected chi connectivity index (χ4v) is 2.07. The van der Waals surface area contributed by atoms with Crippen molar-refractivity contribution >= 4 is 33.1 Å². The van der Waals surface area contributed by atoms with E-state index in [9.17, 15) is 4.39 Å². The largest absolute Gasteiger partial charge is 0.476 e. The Balaban J connectivity index is 2.23. The molecule has 2 aromatic rings. The first-order chi connectivity index (χ1) is 9.97. The summed E-state index contributed by atoms with van der Waals surface area (Å²) in [5.74, 6) is 0.811. The Bertz CT molecular complexity index is 614. The predicted octanol–water partition coefficient (Wildman–Crippen LogP) is 4.34. The summed E-state index contributed by atoms with van der Waals surface area (Å²) in [6, 6.07) is 8.10. The highest BCUT2D eigenvalue weighted by Crippen LogP contribution is 2.29. The fraction of sp³-hybridized carbons (Fsp3) is 0.267. The van der Waals surface area contributed by atoms with E-state index < -0.39 is 0 Å². The molecule has 1 aromatic carbocycles. The summed E-state index contributed by atoms with van der Waals surface area (Å²) in [4.78, 5) is 4.28. The maximum Gasteiger partial charge on any atom is 0.239 e. The number of hydrogen-bond donors (Lipinski definition) is 2. The van der Waals surface area contributed by atoms with Crippen molar-refractivity contribution in [3.8, 4) is 5.88 Å². The molecule has 2 rings (SSSR count). The Labute approximate surface area is 131 Å². The molecule has 112 valence electrons. The Kier molecular flexibility index (Phi) is 5.01. The number of hydrogen-bond acceptors (Lipinski definition) is 4. The van der Waals surface area contributed by atoms with Gasteiger partial charge < -0.3 is 15.8 Å². The third kappa shape index (κ3) is 4.07. The molecule has 0 unspecified atom stereocenters. The van der Waals surface area contributed by atoms with E-state index in [0.29, 0.717) is 40.1 Å². The number of rotatable bonds is 5. The van der Waals surface area contributed by atoms with Crippen LogP contribution in [-0.2, 0) is 0 Å². The van der Waals surface area contributed by atoms with Gasteiger partial charge in [0.05, 0.1) is 18.0 Å². The van der Waals surface area contributed by atoms with E-state index in [1.165, 1.54) is 6.07 Å². The van der Waals surface area contributed by atoms with Crippen LogP contribution in [-0.4, -0.2) is 11.6 Å². The summed E-state index contributed by atoms with van der Waals surface area (Å²) in [6.07, 6.45) is 0. The summed E-state index contributed by atoms with van der Waals surface area (Å²) in [5.41, 5.74) is 6.61. The number of nitrogens with zero attached hydrogens (tertiary/aromatic N) is 1. The number of para-hydroxylation sites is 1. The Morgan fingerprint density at radius 2 is 2.10 bits per heavy atom. The molecule has 0 saturated heterocycles. The number of ether oxygens (including phenoxy) is 1. The molecule has 0 atom stereocenters. The lowest BCUT2D eigenvalue weighted by Gasteiger charge is -2.13. The van der Waals surface area contributed by atoms with Gasteiger partial charge in [-0.05, 0) is 46.1 Å². The minimum atomic E-state index is -0.368. The van der Waals surface area contributed by atoms with Crippen LogP contribution in [0.5, 0.6) is 5.88 Å². The fourth-order valence-electron chi connectivity index (χ4n) is 1.63. The molecule has 6 heteroatoms. The molecular formula is C15H17BrFN3O. The van der Waals surface area contributed by atoms with Crippen molar-refractivity contribution in [1.82, 2.24) is 4.98 Å². The monoisotopic (exact) mass is 353 g/mol. The molecule has 4 nitrogen and oxygen atoms in total. The van der Waals surface area contributed by atoms with Crippen LogP contribution < -0.4 is 15.8 Å². The van der Waals surface area contributed by atoms with Crippen molar-refractivity contribution in [2.45, 2.75) is 13.8 Å². The SMILES string of the molecule is CC(C)COc1nc(Nc2c(F)cccc2Br)ccc1N. The quantitative estimate of drug-likeness (QED) is 0.838. The van der Waals surface area contributed by atoms with Gasteiger partial charge >= 0.3 is 0 Å². The number of aromatic nitrogens is 1. The highest BCUT2D eigenvalue weighted by Gasteiger charge is 2.10. The molecule has 0 fully saturated rings. The lowest BCUT2D eigenvalue weighted by Crippen LogP contribution is -2.08. The second-order valence-corrected chi connectivity index (χ2v) is 5.87. The zero-order chi connectivity index (χ0) is 15.4. The molecule has 0 saturated carbocycles. The van der Waals surface area contributed by atoms with Crippen molar-refractivity contribution in [3.05, 3.63) is 40.6 Å². The first kappa shape index (κ1) is 15.6. The second kappa shape index (κ2) is 6.76. The maximum atomic E-state index is 13.8. The van der Waals surface area contributed by atoms with Crippen LogP contribution in [0.25, 0.3) is 0 Å². The second-order valence-electron chi connectivity index (χ2n) is 5.02. The topological polar surface area (TPSA) is 60.2 Å². The van der Waals surface area contributed by atoms with Gasteiger partial charge in [0.1, 0.15) is 11.6 Å². The average molecular weight is 354 g/mol. The molecule has 0 bridgehead atoms. The van der Waals surface area contributed by atoms with Crippen LogP contribution in [0.15, 0.2) is 34.8 Å². The summed E-state index contributed by atoms with van der Waals surface area (Å²) in [7, 11) is 0. The van der Waals surface area contributed by atoms with Crippen molar-refractivity contribution < 1.29 is 9.13 Å². The Hall–Kier alpha value is -1.82. The van der Waals surface area contributed by atoms with Gasteiger partial charge in [0.15, 0.2) is 0 Å². The first-order valence-electron chi connectivity index (χ1n) is 6.57. The third-order valence-corrected chi connectivity index (χ3v) is 3.32. The van der Waals surface area contributed by atoms with Gasteiger partial charge in [0.2, 0.25) is 5.88 Å². The minimum Gasteiger partial charge on any atom is -0.476 e. The summed E-state index contributed by atoms with van der Waals surface area (Å²) in [5, 5.41) is 2.93. The van der Waals surface area contributed by atoms with E-state index >= 15 is 0 Å². The molecular weight excluding hydrogens is 337 g/mol. The highest BCUT2D eigenvalue weighted by atomic mass is 79.9. The number of benzene rings is 1. The molecule has 0 spiro atoms. The predicted molar refractivity (Wildman–Crippen MR) is 86.4 cm³/mol. The molecule has 0 aliphatic carbocycles. The highest BCUT2D eigenvalue weighted by molar-refractivity contribution is 9.10. The molecule has 0 aliphatic heterocycles. The van der Waals surface area contributed by atoms with Gasteiger partial charge in [-0.25, -0.2) is 4.39 Å². The van der Waals surface area contributed by atoms with Crippen LogP contribution in [0.2, 0.25) is 0 Å². The number of nitrogens with two attached hydrogens (primary N) is 1. The van der Waals surface area contributed by atoms with Crippen LogP contribution >= 0.6 is 15.9 Å². The number of pyridine rings is 1. The first-order valence-corrected chi connectivity index (χ1v) is 7.37. The molecule has 1 aromatic heterocycles. The summed E-state index contributed by atoms with van der Waals surface area (Å²) < 4.78 is 20.0. The minimum absolute atomic E-state index is 0.324. The number of anilines is 3. The lowest BCUT2D eigenvalue weighted by atomic mass is 10.2. The standard InChI is InChI=1S/C15H17BrFN3O/c1-9(2)8-21-15-12(18)6-7-13(20-15)19-14-10(16)4-3-5-11(14)17/h3-7,9H,8,18H2,1-2H3,(H,19,20). The van der Waals surface area contributed by atoms with E-state index in [1.807, 2.05) is 13.8 Å². The van der Waals surface area contributed by atoms with Crippen molar-refractivity contribution in [3.63, 3.8) is 0 Å². The van der Waals surface area contributed by atoms with E-state index in [-0.39, 0.29) is 5.82 Å². The molecule has 1 heterocycles. The van der Waals surface area contributed by atoms with E-state index in [1.54, 1.807) is 24.3 Å². The number of nitrogens with one attached hydrogen (secondary N) is 1. The summed E-state index contributed by atoms with van der Waals surface area (Å²) >= 11 is 3.30. The smallest absolute Gasteiger partial charge is 0.239 e. The van der Waals surface area contributed by atoms with Gasteiger partial charge in [-0.3, -0.25) is 0 Å². The summed E-state index contributed by atoms with van der Waals surface area (Å²) in [6.45, 7) is 4.59. The Morgan fingerprint density at radius 3 is 2.76 bits per heavy atom. The van der Waals surface area contributed by atoms with Gasteiger partial charge in [0.25, 0.3) is 0 Å². The van der Waals surface area contributed by atoms with Gasteiger partial charge in [-0.2, -0.15) is 4.98 Å². The molecule has 3 N–H and O–H groups in total. The van der Waals surface area contributed by atoms with Crippen LogP contribution in [0.4, 0.5) is 21.6 Å². The van der Waals surface area contributed by atoms with Crippen molar-refractivity contribution in [2.75, 3.05) is 17.7 Å². The maximum absolute atomic E-state index is 13.8.